The van der Waals surface area contributed by atoms with Crippen LogP contribution in [0.3, 0.4) is 0 Å². The van der Waals surface area contributed by atoms with Crippen molar-refractivity contribution in [2.45, 2.75) is 19.3 Å². The third kappa shape index (κ3) is 3.98. The quantitative estimate of drug-likeness (QED) is 0.664. The maximum Gasteiger partial charge on any atom is 0.274 e. The molecule has 2 N–H and O–H groups in total. The Kier molecular flexibility index (Phi) is 4.39. The molecule has 1 aliphatic rings. The number of piperidine rings is 1. The minimum Gasteiger partial charge on any atom is -0.380 e. The van der Waals surface area contributed by atoms with Crippen molar-refractivity contribution < 1.29 is 4.92 Å². The van der Waals surface area contributed by atoms with Gasteiger partial charge in [-0.15, -0.1) is 0 Å². The van der Waals surface area contributed by atoms with E-state index in [1.165, 1.54) is 5.56 Å². The predicted molar refractivity (Wildman–Crippen MR) is 73.7 cm³/mol. The molecular weight excluding hydrogens is 242 g/mol. The van der Waals surface area contributed by atoms with Gasteiger partial charge in [0.2, 0.25) is 0 Å². The first kappa shape index (κ1) is 13.4. The lowest BCUT2D eigenvalue weighted by molar-refractivity contribution is -0.404. The highest BCUT2D eigenvalue weighted by Gasteiger charge is 2.21. The zero-order valence-corrected chi connectivity index (χ0v) is 10.9. The summed E-state index contributed by atoms with van der Waals surface area (Å²) in [6, 6.07) is 10.4. The molecule has 102 valence electrons. The summed E-state index contributed by atoms with van der Waals surface area (Å²) in [7, 11) is 0. The van der Waals surface area contributed by atoms with Gasteiger partial charge in [0.25, 0.3) is 6.20 Å². The van der Waals surface area contributed by atoms with E-state index in [2.05, 4.69) is 24.3 Å². The van der Waals surface area contributed by atoms with Gasteiger partial charge in [-0.3, -0.25) is 10.1 Å². The third-order valence-electron chi connectivity index (χ3n) is 3.58. The average Bonchev–Trinajstić information content (AvgIpc) is 2.40. The molecule has 19 heavy (non-hydrogen) atoms. The van der Waals surface area contributed by atoms with Gasteiger partial charge in [-0.2, -0.15) is 0 Å². The molecule has 0 bridgehead atoms. The molecule has 0 spiro atoms. The number of benzene rings is 1. The number of nitro groups is 1. The zero-order valence-electron chi connectivity index (χ0n) is 10.9. The van der Waals surface area contributed by atoms with Crippen molar-refractivity contribution in [3.63, 3.8) is 0 Å². The Labute approximate surface area is 112 Å². The molecule has 0 aliphatic carbocycles. The van der Waals surface area contributed by atoms with E-state index in [0.29, 0.717) is 5.92 Å². The molecule has 1 aromatic carbocycles. The van der Waals surface area contributed by atoms with E-state index >= 15 is 0 Å². The van der Waals surface area contributed by atoms with Crippen LogP contribution < -0.4 is 5.73 Å². The summed E-state index contributed by atoms with van der Waals surface area (Å²) in [4.78, 5) is 11.8. The molecule has 1 aliphatic heterocycles. The van der Waals surface area contributed by atoms with Crippen molar-refractivity contribution in [1.82, 2.24) is 4.90 Å². The molecule has 0 radical (unpaired) electrons. The standard InChI is InChI=1S/C14H19N3O2/c15-14(11-17(18)19)16-8-6-13(7-9-16)10-12-4-2-1-3-5-12/h1-5,11,13H,6-10,15H2. The Morgan fingerprint density at radius 2 is 2.00 bits per heavy atom. The van der Waals surface area contributed by atoms with Crippen LogP contribution in [0, 0.1) is 16.0 Å². The minimum absolute atomic E-state index is 0.267. The number of hydrogen-bond donors (Lipinski definition) is 1. The summed E-state index contributed by atoms with van der Waals surface area (Å²) >= 11 is 0. The van der Waals surface area contributed by atoms with Crippen molar-refractivity contribution >= 4 is 0 Å². The maximum absolute atomic E-state index is 10.4. The van der Waals surface area contributed by atoms with Crippen LogP contribution in [0.5, 0.6) is 0 Å². The molecule has 1 aromatic rings. The van der Waals surface area contributed by atoms with E-state index in [1.807, 2.05) is 11.0 Å². The van der Waals surface area contributed by atoms with Crippen molar-refractivity contribution in [1.29, 1.82) is 0 Å². The predicted octanol–water partition coefficient (Wildman–Crippen LogP) is 1.98. The highest BCUT2D eigenvalue weighted by atomic mass is 16.6. The van der Waals surface area contributed by atoms with Crippen LogP contribution >= 0.6 is 0 Å². The van der Waals surface area contributed by atoms with E-state index in [4.69, 9.17) is 5.73 Å². The van der Waals surface area contributed by atoms with E-state index in [9.17, 15) is 10.1 Å². The second kappa shape index (κ2) is 6.22. The van der Waals surface area contributed by atoms with Gasteiger partial charge in [0.15, 0.2) is 5.82 Å². The minimum atomic E-state index is -0.495. The Morgan fingerprint density at radius 3 is 2.58 bits per heavy atom. The summed E-state index contributed by atoms with van der Waals surface area (Å²) in [5.74, 6) is 0.908. The van der Waals surface area contributed by atoms with Crippen LogP contribution in [0.2, 0.25) is 0 Å². The maximum atomic E-state index is 10.4. The van der Waals surface area contributed by atoms with Gasteiger partial charge in [-0.05, 0) is 30.7 Å². The molecule has 1 heterocycles. The van der Waals surface area contributed by atoms with Gasteiger partial charge >= 0.3 is 0 Å². The van der Waals surface area contributed by atoms with Crippen molar-refractivity contribution in [3.8, 4) is 0 Å². The summed E-state index contributed by atoms with van der Waals surface area (Å²) in [5, 5.41) is 10.4. The fourth-order valence-electron chi connectivity index (χ4n) is 2.53. The molecule has 5 heteroatoms. The highest BCUT2D eigenvalue weighted by molar-refractivity contribution is 5.15. The molecule has 0 saturated carbocycles. The van der Waals surface area contributed by atoms with Gasteiger partial charge in [0, 0.05) is 13.1 Å². The summed E-state index contributed by atoms with van der Waals surface area (Å²) in [6.07, 6.45) is 4.02. The Morgan fingerprint density at radius 1 is 1.37 bits per heavy atom. The monoisotopic (exact) mass is 261 g/mol. The van der Waals surface area contributed by atoms with Crippen molar-refractivity contribution in [2.75, 3.05) is 13.1 Å². The van der Waals surface area contributed by atoms with Gasteiger partial charge in [0.1, 0.15) is 0 Å². The molecular formula is C14H19N3O2. The fourth-order valence-corrected chi connectivity index (χ4v) is 2.53. The smallest absolute Gasteiger partial charge is 0.274 e. The molecule has 1 fully saturated rings. The topological polar surface area (TPSA) is 72.4 Å². The molecule has 0 aromatic heterocycles. The Balaban J connectivity index is 1.84. The Hall–Kier alpha value is -2.04. The first-order valence-electron chi connectivity index (χ1n) is 6.55. The summed E-state index contributed by atoms with van der Waals surface area (Å²) < 4.78 is 0. The van der Waals surface area contributed by atoms with Crippen LogP contribution in [0.15, 0.2) is 42.4 Å². The molecule has 2 rings (SSSR count). The summed E-state index contributed by atoms with van der Waals surface area (Å²) in [5.41, 5.74) is 7.05. The molecule has 5 nitrogen and oxygen atoms in total. The number of nitrogens with two attached hydrogens (primary N) is 1. The summed E-state index contributed by atoms with van der Waals surface area (Å²) in [6.45, 7) is 1.60. The molecule has 0 atom stereocenters. The molecule has 0 amide bonds. The Bertz CT molecular complexity index is 451. The third-order valence-corrected chi connectivity index (χ3v) is 3.58. The molecule has 0 unspecified atom stereocenters. The molecule has 1 saturated heterocycles. The number of nitrogens with zero attached hydrogens (tertiary/aromatic N) is 2. The van der Waals surface area contributed by atoms with Crippen molar-refractivity contribution in [2.24, 2.45) is 11.7 Å². The average molecular weight is 261 g/mol. The van der Waals surface area contributed by atoms with Crippen LogP contribution in [0.25, 0.3) is 0 Å². The lowest BCUT2D eigenvalue weighted by Gasteiger charge is -2.32. The van der Waals surface area contributed by atoms with Gasteiger partial charge < -0.3 is 10.6 Å². The number of hydrogen-bond acceptors (Lipinski definition) is 4. The van der Waals surface area contributed by atoms with E-state index in [-0.39, 0.29) is 5.82 Å². The lowest BCUT2D eigenvalue weighted by Crippen LogP contribution is -2.36. The first-order chi connectivity index (χ1) is 9.15. The second-order valence-electron chi connectivity index (χ2n) is 4.96. The van der Waals surface area contributed by atoms with Gasteiger partial charge in [0.05, 0.1) is 4.92 Å². The van der Waals surface area contributed by atoms with E-state index in [0.717, 1.165) is 38.6 Å². The second-order valence-corrected chi connectivity index (χ2v) is 4.96. The van der Waals surface area contributed by atoms with Crippen LogP contribution in [0.1, 0.15) is 18.4 Å². The number of likely N-dealkylation sites (tertiary alicyclic amines) is 1. The normalized spacial score (nSPS) is 17.5. The lowest BCUT2D eigenvalue weighted by atomic mass is 9.90. The first-order valence-corrected chi connectivity index (χ1v) is 6.55. The van der Waals surface area contributed by atoms with Gasteiger partial charge in [-0.1, -0.05) is 30.3 Å². The van der Waals surface area contributed by atoms with E-state index in [1.54, 1.807) is 0 Å². The zero-order chi connectivity index (χ0) is 13.7. The van der Waals surface area contributed by atoms with Crippen LogP contribution in [-0.4, -0.2) is 22.9 Å². The fraction of sp³-hybridized carbons (Fsp3) is 0.429. The largest absolute Gasteiger partial charge is 0.380 e. The highest BCUT2D eigenvalue weighted by Crippen LogP contribution is 2.22. The van der Waals surface area contributed by atoms with Gasteiger partial charge in [-0.25, -0.2) is 0 Å². The number of rotatable bonds is 4. The van der Waals surface area contributed by atoms with E-state index < -0.39 is 4.92 Å². The van der Waals surface area contributed by atoms with Crippen molar-refractivity contribution in [3.05, 3.63) is 58.0 Å². The SMILES string of the molecule is NC(=C[N+](=O)[O-])N1CCC(Cc2ccccc2)CC1. The van der Waals surface area contributed by atoms with Crippen LogP contribution in [0.4, 0.5) is 0 Å². The van der Waals surface area contributed by atoms with Crippen LogP contribution in [-0.2, 0) is 6.42 Å².